The molecule has 4 aliphatic rings. The van der Waals surface area contributed by atoms with Crippen molar-refractivity contribution in [2.24, 2.45) is 17.3 Å². The quantitative estimate of drug-likeness (QED) is 0.696. The van der Waals surface area contributed by atoms with Crippen molar-refractivity contribution in [3.05, 3.63) is 52.6 Å². The highest BCUT2D eigenvalue weighted by Gasteiger charge is 2.56. The molecule has 0 N–H and O–H groups in total. The highest BCUT2D eigenvalue weighted by molar-refractivity contribution is 5.93. The third-order valence-electron chi connectivity index (χ3n) is 8.26. The first-order valence-electron chi connectivity index (χ1n) is 11.2. The van der Waals surface area contributed by atoms with Gasteiger partial charge in [0.15, 0.2) is 5.78 Å². The van der Waals surface area contributed by atoms with E-state index in [0.717, 1.165) is 38.5 Å². The minimum atomic E-state index is -0.189. The SMILES string of the molecule is CN(C)c1ccc([C@H]2C[C@]3(C)C(=O)CCC3C3CCC4=CC(=O)CCC4=C32)cc1. The van der Waals surface area contributed by atoms with Gasteiger partial charge in [-0.25, -0.2) is 0 Å². The summed E-state index contributed by atoms with van der Waals surface area (Å²) in [7, 11) is 4.13. The monoisotopic (exact) mass is 389 g/mol. The van der Waals surface area contributed by atoms with Gasteiger partial charge in [-0.2, -0.15) is 0 Å². The van der Waals surface area contributed by atoms with E-state index in [2.05, 4.69) is 50.2 Å². The van der Waals surface area contributed by atoms with Crippen molar-refractivity contribution < 1.29 is 9.59 Å². The Balaban J connectivity index is 1.65. The van der Waals surface area contributed by atoms with Crippen LogP contribution in [0.3, 0.4) is 0 Å². The number of anilines is 1. The number of nitrogens with zero attached hydrogens (tertiary/aromatic N) is 1. The van der Waals surface area contributed by atoms with Gasteiger partial charge < -0.3 is 4.90 Å². The standard InChI is InChI=1S/C26H31NO2/c1-26-15-22(16-4-7-18(8-5-16)27(2)3)25-20-11-9-19(28)14-17(20)6-10-21(25)23(26)12-13-24(26)29/h4-5,7-8,14,21-23H,6,9-13,15H2,1-3H3/t21?,22-,23?,26+/m1/s1. The van der Waals surface area contributed by atoms with Gasteiger partial charge in [0.05, 0.1) is 0 Å². The molecule has 0 aromatic heterocycles. The Kier molecular flexibility index (Phi) is 4.34. The van der Waals surface area contributed by atoms with Crippen LogP contribution in [0.15, 0.2) is 47.1 Å². The smallest absolute Gasteiger partial charge is 0.156 e. The predicted octanol–water partition coefficient (Wildman–Crippen LogP) is 5.22. The lowest BCUT2D eigenvalue weighted by Gasteiger charge is -2.50. The van der Waals surface area contributed by atoms with Crippen molar-refractivity contribution in [3.63, 3.8) is 0 Å². The van der Waals surface area contributed by atoms with Gasteiger partial charge in [0.25, 0.3) is 0 Å². The molecule has 5 rings (SSSR count). The fraction of sp³-hybridized carbons (Fsp3) is 0.538. The number of carbonyl (C=O) groups excluding carboxylic acids is 2. The highest BCUT2D eigenvalue weighted by atomic mass is 16.1. The molecule has 0 saturated heterocycles. The number of fused-ring (bicyclic) bond motifs is 4. The van der Waals surface area contributed by atoms with Crippen LogP contribution < -0.4 is 4.90 Å². The number of hydrogen-bond acceptors (Lipinski definition) is 3. The summed E-state index contributed by atoms with van der Waals surface area (Å²) < 4.78 is 0. The molecule has 3 nitrogen and oxygen atoms in total. The third-order valence-corrected chi connectivity index (χ3v) is 8.26. The normalized spacial score (nSPS) is 33.8. The van der Waals surface area contributed by atoms with E-state index in [1.807, 2.05) is 6.08 Å². The Morgan fingerprint density at radius 2 is 1.72 bits per heavy atom. The van der Waals surface area contributed by atoms with Gasteiger partial charge in [-0.05, 0) is 78.9 Å². The Bertz CT molecular complexity index is 936. The first-order valence-corrected chi connectivity index (χ1v) is 11.2. The average molecular weight is 390 g/mol. The largest absolute Gasteiger partial charge is 0.378 e. The minimum Gasteiger partial charge on any atom is -0.378 e. The van der Waals surface area contributed by atoms with E-state index in [-0.39, 0.29) is 11.2 Å². The number of rotatable bonds is 2. The number of carbonyl (C=O) groups is 2. The highest BCUT2D eigenvalue weighted by Crippen LogP contribution is 2.62. The van der Waals surface area contributed by atoms with Crippen molar-refractivity contribution in [1.29, 1.82) is 0 Å². The van der Waals surface area contributed by atoms with Gasteiger partial charge in [-0.15, -0.1) is 0 Å². The molecule has 2 unspecified atom stereocenters. The van der Waals surface area contributed by atoms with Crippen LogP contribution in [0.1, 0.15) is 63.4 Å². The van der Waals surface area contributed by atoms with Crippen LogP contribution in [0.5, 0.6) is 0 Å². The summed E-state index contributed by atoms with van der Waals surface area (Å²) in [6.07, 6.45) is 8.26. The molecule has 2 saturated carbocycles. The number of ketones is 2. The molecule has 0 spiro atoms. The summed E-state index contributed by atoms with van der Waals surface area (Å²) >= 11 is 0. The van der Waals surface area contributed by atoms with Gasteiger partial charge >= 0.3 is 0 Å². The maximum Gasteiger partial charge on any atom is 0.156 e. The first-order chi connectivity index (χ1) is 13.9. The summed E-state index contributed by atoms with van der Waals surface area (Å²) in [5.74, 6) is 2.03. The lowest BCUT2D eigenvalue weighted by molar-refractivity contribution is -0.128. The van der Waals surface area contributed by atoms with E-state index in [4.69, 9.17) is 0 Å². The van der Waals surface area contributed by atoms with E-state index < -0.39 is 0 Å². The molecule has 0 amide bonds. The topological polar surface area (TPSA) is 37.4 Å². The zero-order valence-corrected chi connectivity index (χ0v) is 17.8. The Labute approximate surface area is 173 Å². The van der Waals surface area contributed by atoms with E-state index in [0.29, 0.717) is 30.0 Å². The lowest BCUT2D eigenvalue weighted by atomic mass is 9.53. The summed E-state index contributed by atoms with van der Waals surface area (Å²) in [6.45, 7) is 2.24. The van der Waals surface area contributed by atoms with Crippen LogP contribution in [-0.4, -0.2) is 25.7 Å². The van der Waals surface area contributed by atoms with Crippen LogP contribution >= 0.6 is 0 Å². The molecular formula is C26H31NO2. The van der Waals surface area contributed by atoms with Gasteiger partial charge in [-0.1, -0.05) is 24.6 Å². The Morgan fingerprint density at radius 3 is 2.45 bits per heavy atom. The predicted molar refractivity (Wildman–Crippen MR) is 116 cm³/mol. The summed E-state index contributed by atoms with van der Waals surface area (Å²) in [5.41, 5.74) is 6.67. The van der Waals surface area contributed by atoms with E-state index in [9.17, 15) is 9.59 Å². The molecular weight excluding hydrogens is 358 g/mol. The van der Waals surface area contributed by atoms with E-state index in [1.54, 1.807) is 5.57 Å². The number of hydrogen-bond donors (Lipinski definition) is 0. The third kappa shape index (κ3) is 2.85. The van der Waals surface area contributed by atoms with Crippen molar-refractivity contribution in [2.45, 2.75) is 57.8 Å². The number of Topliss-reactive ketones (excluding diaryl/α,β-unsaturated/α-hetero) is 1. The molecule has 4 atom stereocenters. The van der Waals surface area contributed by atoms with Crippen LogP contribution in [0, 0.1) is 17.3 Å². The fourth-order valence-electron chi connectivity index (χ4n) is 6.74. The van der Waals surface area contributed by atoms with Crippen molar-refractivity contribution >= 4 is 17.3 Å². The van der Waals surface area contributed by atoms with E-state index in [1.165, 1.54) is 22.4 Å². The summed E-state index contributed by atoms with van der Waals surface area (Å²) in [4.78, 5) is 27.2. The molecule has 0 bridgehead atoms. The summed E-state index contributed by atoms with van der Waals surface area (Å²) in [6, 6.07) is 8.92. The molecule has 1 aromatic carbocycles. The van der Waals surface area contributed by atoms with Gasteiger partial charge in [0.2, 0.25) is 0 Å². The lowest BCUT2D eigenvalue weighted by Crippen LogP contribution is -2.43. The van der Waals surface area contributed by atoms with Gasteiger partial charge in [-0.3, -0.25) is 9.59 Å². The van der Waals surface area contributed by atoms with Crippen LogP contribution in [0.4, 0.5) is 5.69 Å². The molecule has 1 aromatic rings. The van der Waals surface area contributed by atoms with Crippen molar-refractivity contribution in [2.75, 3.05) is 19.0 Å². The summed E-state index contributed by atoms with van der Waals surface area (Å²) in [5, 5.41) is 0. The van der Waals surface area contributed by atoms with Crippen LogP contribution in [-0.2, 0) is 9.59 Å². The second-order valence-electron chi connectivity index (χ2n) is 9.94. The second kappa shape index (κ2) is 6.68. The van der Waals surface area contributed by atoms with Crippen molar-refractivity contribution in [1.82, 2.24) is 0 Å². The molecule has 0 heterocycles. The maximum atomic E-state index is 13.0. The molecule has 152 valence electrons. The molecule has 3 heteroatoms. The van der Waals surface area contributed by atoms with Crippen LogP contribution in [0.2, 0.25) is 0 Å². The fourth-order valence-corrected chi connectivity index (χ4v) is 6.74. The van der Waals surface area contributed by atoms with Crippen LogP contribution in [0.25, 0.3) is 0 Å². The average Bonchev–Trinajstić information content (AvgIpc) is 3.01. The van der Waals surface area contributed by atoms with E-state index >= 15 is 0 Å². The zero-order chi connectivity index (χ0) is 20.3. The minimum absolute atomic E-state index is 0.189. The first kappa shape index (κ1) is 18.8. The van der Waals surface area contributed by atoms with Gasteiger partial charge in [0, 0.05) is 44.0 Å². The molecule has 0 aliphatic heterocycles. The van der Waals surface area contributed by atoms with Crippen molar-refractivity contribution in [3.8, 4) is 0 Å². The second-order valence-corrected chi connectivity index (χ2v) is 9.94. The Morgan fingerprint density at radius 1 is 0.966 bits per heavy atom. The molecule has 29 heavy (non-hydrogen) atoms. The number of benzene rings is 1. The molecule has 2 fully saturated rings. The molecule has 0 radical (unpaired) electrons. The Hall–Kier alpha value is -2.16. The zero-order valence-electron chi connectivity index (χ0n) is 17.8. The number of allylic oxidation sites excluding steroid dienone is 4. The van der Waals surface area contributed by atoms with Gasteiger partial charge in [0.1, 0.15) is 5.78 Å². The maximum absolute atomic E-state index is 13.0. The molecule has 4 aliphatic carbocycles.